The zero-order valence-electron chi connectivity index (χ0n) is 10.1. The molecule has 0 aliphatic carbocycles. The van der Waals surface area contributed by atoms with Crippen molar-refractivity contribution in [1.29, 1.82) is 0 Å². The lowest BCUT2D eigenvalue weighted by Crippen LogP contribution is -2.17. The van der Waals surface area contributed by atoms with Crippen LogP contribution < -0.4 is 11.4 Å². The summed E-state index contributed by atoms with van der Waals surface area (Å²) in [5, 5.41) is 18.9. The Hall–Kier alpha value is -2.29. The number of pyridine rings is 1. The highest BCUT2D eigenvalue weighted by Crippen LogP contribution is 2.25. The number of hydrogen-bond donors (Lipinski definition) is 3. The van der Waals surface area contributed by atoms with Gasteiger partial charge in [0.2, 0.25) is 0 Å². The molecule has 0 aliphatic rings. The molecule has 0 saturated carbocycles. The van der Waals surface area contributed by atoms with Crippen molar-refractivity contribution in [2.45, 2.75) is 23.7 Å². The van der Waals surface area contributed by atoms with Crippen LogP contribution in [0.5, 0.6) is 0 Å². The third-order valence-electron chi connectivity index (χ3n) is 2.38. The Kier molecular flexibility index (Phi) is 3.85. The molecule has 8 nitrogen and oxygen atoms in total. The van der Waals surface area contributed by atoms with Crippen LogP contribution in [0.4, 0.5) is 0 Å². The molecule has 100 valence electrons. The first-order valence-corrected chi connectivity index (χ1v) is 6.25. The Morgan fingerprint density at radius 1 is 1.68 bits per heavy atom. The fourth-order valence-electron chi connectivity index (χ4n) is 1.47. The summed E-state index contributed by atoms with van der Waals surface area (Å²) in [4.78, 5) is 15.6. The second kappa shape index (κ2) is 5.57. The highest BCUT2D eigenvalue weighted by molar-refractivity contribution is 7.99. The minimum Gasteiger partial charge on any atom is -0.409 e. The number of oxime groups is 1. The zero-order valence-corrected chi connectivity index (χ0v) is 10.9. The Morgan fingerprint density at radius 2 is 2.47 bits per heavy atom. The fraction of sp³-hybridized carbons (Fsp3) is 0.200. The van der Waals surface area contributed by atoms with Gasteiger partial charge in [0.1, 0.15) is 5.03 Å². The Balaban J connectivity index is 2.41. The summed E-state index contributed by atoms with van der Waals surface area (Å²) in [5.41, 5.74) is 5.77. The quantitative estimate of drug-likeness (QED) is 0.319. The van der Waals surface area contributed by atoms with E-state index in [0.29, 0.717) is 22.3 Å². The molecule has 0 spiro atoms. The second-order valence-electron chi connectivity index (χ2n) is 3.50. The molecule has 9 heteroatoms. The van der Waals surface area contributed by atoms with Gasteiger partial charge < -0.3 is 10.9 Å². The number of nitrogens with two attached hydrogens (primary N) is 1. The Bertz CT molecular complexity index is 662. The normalized spacial score (nSPS) is 11.7. The topological polar surface area (TPSA) is 122 Å². The van der Waals surface area contributed by atoms with Crippen LogP contribution in [-0.4, -0.2) is 30.8 Å². The molecule has 2 aromatic rings. The van der Waals surface area contributed by atoms with Crippen molar-refractivity contribution in [3.05, 3.63) is 34.4 Å². The Labute approximate surface area is 112 Å². The highest BCUT2D eigenvalue weighted by Gasteiger charge is 2.14. The van der Waals surface area contributed by atoms with Gasteiger partial charge in [0.05, 0.1) is 5.56 Å². The van der Waals surface area contributed by atoms with E-state index in [2.05, 4.69) is 20.3 Å². The molecule has 0 atom stereocenters. The molecule has 2 aromatic heterocycles. The lowest BCUT2D eigenvalue weighted by atomic mass is 10.3. The number of hydrogen-bond acceptors (Lipinski definition) is 6. The number of aromatic amines is 1. The van der Waals surface area contributed by atoms with Crippen molar-refractivity contribution in [3.8, 4) is 0 Å². The SMILES string of the molecule is CCn1c(Sc2ncccc2C(N)=NO)n[nH]c1=O. The molecule has 0 unspecified atom stereocenters. The van der Waals surface area contributed by atoms with Gasteiger partial charge in [0, 0.05) is 12.7 Å². The van der Waals surface area contributed by atoms with Crippen LogP contribution in [0.15, 0.2) is 38.5 Å². The summed E-state index contributed by atoms with van der Waals surface area (Å²) in [6.45, 7) is 2.33. The van der Waals surface area contributed by atoms with E-state index in [1.165, 1.54) is 16.3 Å². The van der Waals surface area contributed by atoms with Gasteiger partial charge in [0.15, 0.2) is 11.0 Å². The number of nitrogens with zero attached hydrogens (tertiary/aromatic N) is 4. The smallest absolute Gasteiger partial charge is 0.343 e. The van der Waals surface area contributed by atoms with Crippen LogP contribution in [-0.2, 0) is 6.54 Å². The first-order chi connectivity index (χ1) is 9.17. The van der Waals surface area contributed by atoms with Gasteiger partial charge in [-0.3, -0.25) is 4.57 Å². The van der Waals surface area contributed by atoms with Crippen LogP contribution in [0.3, 0.4) is 0 Å². The second-order valence-corrected chi connectivity index (χ2v) is 4.45. The summed E-state index contributed by atoms with van der Waals surface area (Å²) >= 11 is 1.17. The van der Waals surface area contributed by atoms with Crippen molar-refractivity contribution in [3.63, 3.8) is 0 Å². The van der Waals surface area contributed by atoms with E-state index in [9.17, 15) is 4.79 Å². The maximum atomic E-state index is 11.5. The summed E-state index contributed by atoms with van der Waals surface area (Å²) < 4.78 is 1.47. The van der Waals surface area contributed by atoms with Crippen molar-refractivity contribution in [2.24, 2.45) is 10.9 Å². The summed E-state index contributed by atoms with van der Waals surface area (Å²) in [5.74, 6) is -0.0449. The number of H-pyrrole nitrogens is 1. The monoisotopic (exact) mass is 280 g/mol. The molecule has 0 radical (unpaired) electrons. The maximum Gasteiger partial charge on any atom is 0.343 e. The van der Waals surface area contributed by atoms with Gasteiger partial charge in [0.25, 0.3) is 0 Å². The molecule has 19 heavy (non-hydrogen) atoms. The van der Waals surface area contributed by atoms with Gasteiger partial charge in [-0.1, -0.05) is 5.16 Å². The first kappa shape index (κ1) is 13.1. The van der Waals surface area contributed by atoms with E-state index >= 15 is 0 Å². The standard InChI is InChI=1S/C10H12N6O2S/c1-2-16-9(17)13-14-10(16)19-8-6(7(11)15-18)4-3-5-12-8/h3-5,18H,2H2,1H3,(H2,11,15)(H,13,17). The molecule has 2 heterocycles. The summed E-state index contributed by atoms with van der Waals surface area (Å²) in [7, 11) is 0. The van der Waals surface area contributed by atoms with E-state index < -0.39 is 0 Å². The highest BCUT2D eigenvalue weighted by atomic mass is 32.2. The van der Waals surface area contributed by atoms with Crippen molar-refractivity contribution < 1.29 is 5.21 Å². The van der Waals surface area contributed by atoms with Gasteiger partial charge in [-0.25, -0.2) is 14.9 Å². The number of nitrogens with one attached hydrogen (secondary N) is 1. The van der Waals surface area contributed by atoms with E-state index in [1.807, 2.05) is 6.92 Å². The first-order valence-electron chi connectivity index (χ1n) is 5.43. The van der Waals surface area contributed by atoms with Gasteiger partial charge in [-0.05, 0) is 30.8 Å². The van der Waals surface area contributed by atoms with Crippen LogP contribution in [0.2, 0.25) is 0 Å². The third-order valence-corrected chi connectivity index (χ3v) is 3.40. The van der Waals surface area contributed by atoms with Gasteiger partial charge >= 0.3 is 5.69 Å². The van der Waals surface area contributed by atoms with Gasteiger partial charge in [-0.2, -0.15) is 0 Å². The minimum atomic E-state index is -0.286. The average Bonchev–Trinajstić information content (AvgIpc) is 2.79. The lowest BCUT2D eigenvalue weighted by Gasteiger charge is -2.06. The largest absolute Gasteiger partial charge is 0.409 e. The van der Waals surface area contributed by atoms with Crippen LogP contribution in [0.1, 0.15) is 12.5 Å². The molecular weight excluding hydrogens is 268 g/mol. The van der Waals surface area contributed by atoms with E-state index in [-0.39, 0.29) is 11.5 Å². The van der Waals surface area contributed by atoms with E-state index in [1.54, 1.807) is 18.3 Å². The predicted molar refractivity (Wildman–Crippen MR) is 69.4 cm³/mol. The molecule has 0 aliphatic heterocycles. The maximum absolute atomic E-state index is 11.5. The van der Waals surface area contributed by atoms with Crippen molar-refractivity contribution in [2.75, 3.05) is 0 Å². The molecule has 0 aromatic carbocycles. The summed E-state index contributed by atoms with van der Waals surface area (Å²) in [6.07, 6.45) is 1.58. The number of aromatic nitrogens is 4. The summed E-state index contributed by atoms with van der Waals surface area (Å²) in [6, 6.07) is 3.35. The number of amidine groups is 1. The van der Waals surface area contributed by atoms with Crippen molar-refractivity contribution in [1.82, 2.24) is 19.7 Å². The molecule has 0 saturated heterocycles. The molecule has 0 bridgehead atoms. The molecule has 0 fully saturated rings. The average molecular weight is 280 g/mol. The van der Waals surface area contributed by atoms with Gasteiger partial charge in [-0.15, -0.1) is 5.10 Å². The van der Waals surface area contributed by atoms with Crippen LogP contribution in [0, 0.1) is 0 Å². The number of rotatable bonds is 4. The molecule has 2 rings (SSSR count). The molecule has 4 N–H and O–H groups in total. The van der Waals surface area contributed by atoms with Crippen LogP contribution >= 0.6 is 11.8 Å². The zero-order chi connectivity index (χ0) is 13.8. The van der Waals surface area contributed by atoms with Crippen LogP contribution in [0.25, 0.3) is 0 Å². The fourth-order valence-corrected chi connectivity index (χ4v) is 2.45. The van der Waals surface area contributed by atoms with E-state index in [0.717, 1.165) is 0 Å². The molecule has 0 amide bonds. The molecular formula is C10H12N6O2S. The minimum absolute atomic E-state index is 0.0449. The van der Waals surface area contributed by atoms with E-state index in [4.69, 9.17) is 10.9 Å². The lowest BCUT2D eigenvalue weighted by molar-refractivity contribution is 0.318. The predicted octanol–water partition coefficient (Wildman–Crippen LogP) is 0.232. The Morgan fingerprint density at radius 3 is 3.16 bits per heavy atom. The third kappa shape index (κ3) is 2.60. The van der Waals surface area contributed by atoms with Crippen molar-refractivity contribution >= 4 is 17.6 Å².